The summed E-state index contributed by atoms with van der Waals surface area (Å²) in [7, 11) is 0. The van der Waals surface area contributed by atoms with Crippen LogP contribution in [-0.2, 0) is 17.8 Å². The Morgan fingerprint density at radius 2 is 1.76 bits per heavy atom. The van der Waals surface area contributed by atoms with Crippen LogP contribution in [0.1, 0.15) is 68.0 Å². The van der Waals surface area contributed by atoms with Crippen LogP contribution < -0.4 is 0 Å². The van der Waals surface area contributed by atoms with Crippen LogP contribution in [0.2, 0.25) is 0 Å². The molecular weight excluding hydrogens is 522 g/mol. The van der Waals surface area contributed by atoms with Crippen LogP contribution >= 0.6 is 0 Å². The number of aryl methyl sites for hydroxylation is 1. The summed E-state index contributed by atoms with van der Waals surface area (Å²) < 4.78 is 29.6. The highest BCUT2D eigenvalue weighted by atomic mass is 19.1. The van der Waals surface area contributed by atoms with E-state index in [-0.39, 0.29) is 29.4 Å². The van der Waals surface area contributed by atoms with E-state index in [0.717, 1.165) is 55.8 Å². The second-order valence-electron chi connectivity index (χ2n) is 12.2. The quantitative estimate of drug-likeness (QED) is 0.339. The molecule has 2 fully saturated rings. The minimum Gasteiger partial charge on any atom is -0.480 e. The fraction of sp³-hybridized carbons (Fsp3) is 0.515. The molecule has 2 aromatic carbocycles. The van der Waals surface area contributed by atoms with Gasteiger partial charge in [-0.3, -0.25) is 14.4 Å². The van der Waals surface area contributed by atoms with Gasteiger partial charge in [-0.05, 0) is 86.1 Å². The highest BCUT2D eigenvalue weighted by molar-refractivity contribution is 5.73. The topological polar surface area (TPSA) is 61.6 Å². The molecule has 2 aliphatic rings. The number of piperidine rings is 1. The molecule has 8 heteroatoms. The van der Waals surface area contributed by atoms with E-state index in [9.17, 15) is 18.7 Å². The number of carboxylic acid groups (broad SMARTS) is 1. The number of carboxylic acids is 1. The van der Waals surface area contributed by atoms with Crippen molar-refractivity contribution >= 4 is 5.97 Å². The summed E-state index contributed by atoms with van der Waals surface area (Å²) in [6.45, 7) is 11.0. The average Bonchev–Trinajstić information content (AvgIpc) is 3.54. The predicted octanol–water partition coefficient (Wildman–Crippen LogP) is 5.78. The van der Waals surface area contributed by atoms with Gasteiger partial charge in [0.1, 0.15) is 17.7 Å². The molecule has 0 amide bonds. The SMILES string of the molecule is CCn1nc(Cc2ccc(F)cc2)cc1C1CCN(C[C@H]2CN([C@@H](C(=O)O)C(C)C)C[C@@H]2c2cccc(F)c2)CC1. The smallest absolute Gasteiger partial charge is 0.321 e. The van der Waals surface area contributed by atoms with E-state index in [0.29, 0.717) is 25.4 Å². The van der Waals surface area contributed by atoms with Crippen LogP contribution in [0.4, 0.5) is 8.78 Å². The number of rotatable bonds is 10. The van der Waals surface area contributed by atoms with Crippen molar-refractivity contribution in [3.63, 3.8) is 0 Å². The second kappa shape index (κ2) is 12.8. The normalized spacial score (nSPS) is 21.5. The predicted molar refractivity (Wildman–Crippen MR) is 156 cm³/mol. The Morgan fingerprint density at radius 1 is 1.02 bits per heavy atom. The van der Waals surface area contributed by atoms with Gasteiger partial charge in [0.15, 0.2) is 0 Å². The Balaban J connectivity index is 1.25. The van der Waals surface area contributed by atoms with E-state index in [2.05, 4.69) is 27.5 Å². The van der Waals surface area contributed by atoms with Crippen molar-refractivity contribution < 1.29 is 18.7 Å². The molecule has 220 valence electrons. The van der Waals surface area contributed by atoms with Crippen LogP contribution in [0.5, 0.6) is 0 Å². The number of benzene rings is 2. The van der Waals surface area contributed by atoms with Gasteiger partial charge in [0.25, 0.3) is 0 Å². The first-order valence-electron chi connectivity index (χ1n) is 15.0. The Labute approximate surface area is 242 Å². The lowest BCUT2D eigenvalue weighted by Gasteiger charge is -2.35. The molecular formula is C33H42F2N4O2. The molecule has 2 aliphatic heterocycles. The molecule has 41 heavy (non-hydrogen) atoms. The Kier molecular flexibility index (Phi) is 9.19. The van der Waals surface area contributed by atoms with Gasteiger partial charge in [-0.25, -0.2) is 8.78 Å². The van der Waals surface area contributed by atoms with E-state index in [1.165, 1.54) is 23.9 Å². The summed E-state index contributed by atoms with van der Waals surface area (Å²) in [5.74, 6) is -0.508. The molecule has 5 rings (SSSR count). The number of hydrogen-bond donors (Lipinski definition) is 1. The Bertz CT molecular complexity index is 1320. The van der Waals surface area contributed by atoms with Crippen molar-refractivity contribution in [1.29, 1.82) is 0 Å². The minimum atomic E-state index is -0.786. The molecule has 0 saturated carbocycles. The molecule has 0 spiro atoms. The summed E-state index contributed by atoms with van der Waals surface area (Å²) in [5, 5.41) is 14.8. The largest absolute Gasteiger partial charge is 0.480 e. The maximum atomic E-state index is 14.2. The molecule has 0 radical (unpaired) electrons. The number of likely N-dealkylation sites (tertiary alicyclic amines) is 2. The molecule has 1 N–H and O–H groups in total. The fourth-order valence-electron chi connectivity index (χ4n) is 7.00. The van der Waals surface area contributed by atoms with Crippen LogP contribution in [0, 0.1) is 23.5 Å². The number of nitrogens with zero attached hydrogens (tertiary/aromatic N) is 4. The summed E-state index contributed by atoms with van der Waals surface area (Å²) in [5.41, 5.74) is 4.29. The van der Waals surface area contributed by atoms with E-state index < -0.39 is 12.0 Å². The highest BCUT2D eigenvalue weighted by Gasteiger charge is 2.41. The van der Waals surface area contributed by atoms with Crippen LogP contribution in [-0.4, -0.2) is 69.4 Å². The van der Waals surface area contributed by atoms with Crippen LogP contribution in [0.25, 0.3) is 0 Å². The molecule has 0 aliphatic carbocycles. The number of halogens is 2. The van der Waals surface area contributed by atoms with Crippen molar-refractivity contribution in [2.24, 2.45) is 11.8 Å². The lowest BCUT2D eigenvalue weighted by molar-refractivity contribution is -0.144. The van der Waals surface area contributed by atoms with E-state index in [1.54, 1.807) is 12.1 Å². The van der Waals surface area contributed by atoms with E-state index in [4.69, 9.17) is 5.10 Å². The first-order chi connectivity index (χ1) is 19.7. The van der Waals surface area contributed by atoms with Gasteiger partial charge in [-0.2, -0.15) is 5.10 Å². The second-order valence-corrected chi connectivity index (χ2v) is 12.2. The van der Waals surface area contributed by atoms with Crippen molar-refractivity contribution in [3.8, 4) is 0 Å². The molecule has 6 nitrogen and oxygen atoms in total. The van der Waals surface area contributed by atoms with Crippen molar-refractivity contribution in [1.82, 2.24) is 19.6 Å². The molecule has 0 bridgehead atoms. The molecule has 2 saturated heterocycles. The lowest BCUT2D eigenvalue weighted by Crippen LogP contribution is -2.44. The van der Waals surface area contributed by atoms with Gasteiger partial charge in [0.05, 0.1) is 5.69 Å². The Hall–Kier alpha value is -3.10. The summed E-state index contributed by atoms with van der Waals surface area (Å²) in [6, 6.07) is 15.1. The number of aromatic nitrogens is 2. The van der Waals surface area contributed by atoms with Gasteiger partial charge in [0.2, 0.25) is 0 Å². The molecule has 3 aromatic rings. The summed E-state index contributed by atoms with van der Waals surface area (Å²) >= 11 is 0. The number of carbonyl (C=O) groups is 1. The van der Waals surface area contributed by atoms with Gasteiger partial charge < -0.3 is 10.0 Å². The highest BCUT2D eigenvalue weighted by Crippen LogP contribution is 2.37. The molecule has 3 atom stereocenters. The van der Waals surface area contributed by atoms with E-state index >= 15 is 0 Å². The first kappa shape index (κ1) is 29.4. The summed E-state index contributed by atoms with van der Waals surface area (Å²) in [4.78, 5) is 16.7. The van der Waals surface area contributed by atoms with Gasteiger partial charge in [-0.15, -0.1) is 0 Å². The third-order valence-electron chi connectivity index (χ3n) is 8.98. The zero-order valence-electron chi connectivity index (χ0n) is 24.3. The zero-order valence-corrected chi connectivity index (χ0v) is 24.3. The lowest BCUT2D eigenvalue weighted by atomic mass is 9.87. The maximum absolute atomic E-state index is 14.2. The first-order valence-corrected chi connectivity index (χ1v) is 15.0. The maximum Gasteiger partial charge on any atom is 0.321 e. The standard InChI is InChI=1S/C33H42F2N4O2/c1-4-39-31(18-29(36-39)16-23-8-10-27(34)11-9-23)24-12-14-37(15-13-24)19-26-20-38(32(22(2)3)33(40)41)21-30(26)25-6-5-7-28(35)17-25/h5-11,17-18,22,24,26,30,32H,4,12-16,19-21H2,1-3H3,(H,40,41)/t26-,30+,32+/m0/s1. The third-order valence-corrected chi connectivity index (χ3v) is 8.98. The Morgan fingerprint density at radius 3 is 2.39 bits per heavy atom. The number of aliphatic carboxylic acids is 1. The van der Waals surface area contributed by atoms with Gasteiger partial charge in [0, 0.05) is 50.1 Å². The van der Waals surface area contributed by atoms with E-state index in [1.807, 2.05) is 32.0 Å². The average molecular weight is 565 g/mol. The summed E-state index contributed by atoms with van der Waals surface area (Å²) in [6.07, 6.45) is 2.76. The number of hydrogen-bond acceptors (Lipinski definition) is 4. The third kappa shape index (κ3) is 6.87. The minimum absolute atomic E-state index is 0.00785. The van der Waals surface area contributed by atoms with Crippen LogP contribution in [0.15, 0.2) is 54.6 Å². The molecule has 3 heterocycles. The molecule has 0 unspecified atom stereocenters. The van der Waals surface area contributed by atoms with Crippen LogP contribution in [0.3, 0.4) is 0 Å². The monoisotopic (exact) mass is 564 g/mol. The van der Waals surface area contributed by atoms with Crippen molar-refractivity contribution in [3.05, 3.63) is 88.7 Å². The molecule has 1 aromatic heterocycles. The van der Waals surface area contributed by atoms with Gasteiger partial charge >= 0.3 is 5.97 Å². The fourth-order valence-corrected chi connectivity index (χ4v) is 7.00. The van der Waals surface area contributed by atoms with Gasteiger partial charge in [-0.1, -0.05) is 38.1 Å². The van der Waals surface area contributed by atoms with Crippen molar-refractivity contribution in [2.75, 3.05) is 32.7 Å². The zero-order chi connectivity index (χ0) is 29.1. The van der Waals surface area contributed by atoms with Crippen molar-refractivity contribution in [2.45, 2.75) is 64.5 Å².